The summed E-state index contributed by atoms with van der Waals surface area (Å²) in [4.78, 5) is 49.2. The van der Waals surface area contributed by atoms with Crippen molar-refractivity contribution < 1.29 is 52.0 Å². The number of ether oxygens (including phenoxy) is 6. The second-order valence-electron chi connectivity index (χ2n) is 9.06. The van der Waals surface area contributed by atoms with Gasteiger partial charge in [-0.3, -0.25) is 9.59 Å². The summed E-state index contributed by atoms with van der Waals surface area (Å²) in [5.41, 5.74) is 0.522. The van der Waals surface area contributed by atoms with E-state index in [0.717, 1.165) is 4.90 Å². The second-order valence-corrected chi connectivity index (χ2v) is 10.2. The van der Waals surface area contributed by atoms with Gasteiger partial charge in [0.05, 0.1) is 24.5 Å². The monoisotopic (exact) mass is 542 g/mol. The van der Waals surface area contributed by atoms with E-state index in [4.69, 9.17) is 23.7 Å². The Bertz CT molecular complexity index is 1000. The molecule has 204 valence electrons. The average Bonchev–Trinajstić information content (AvgIpc) is 3.39. The third-order valence-electron chi connectivity index (χ3n) is 6.21. The van der Waals surface area contributed by atoms with Gasteiger partial charge in [-0.1, -0.05) is 0 Å². The van der Waals surface area contributed by atoms with Gasteiger partial charge in [0.15, 0.2) is 0 Å². The highest BCUT2D eigenvalue weighted by molar-refractivity contribution is 7.99. The molecule has 1 aromatic carbocycles. The fourth-order valence-electron chi connectivity index (χ4n) is 4.62. The van der Waals surface area contributed by atoms with E-state index >= 15 is 0 Å². The molecule has 0 amide bonds. The molecule has 5 atom stereocenters. The zero-order chi connectivity index (χ0) is 27.1. The van der Waals surface area contributed by atoms with Gasteiger partial charge in [0.1, 0.15) is 5.82 Å². The van der Waals surface area contributed by atoms with Gasteiger partial charge in [-0.2, -0.15) is 0 Å². The fourth-order valence-corrected chi connectivity index (χ4v) is 5.79. The summed E-state index contributed by atoms with van der Waals surface area (Å²) in [6.07, 6.45) is -1.71. The van der Waals surface area contributed by atoms with E-state index in [0.29, 0.717) is 17.7 Å². The largest absolute Gasteiger partial charge is 0.511 e. The molecule has 0 radical (unpaired) electrons. The van der Waals surface area contributed by atoms with Crippen molar-refractivity contribution in [3.05, 3.63) is 29.6 Å². The zero-order valence-corrected chi connectivity index (χ0v) is 21.9. The molecule has 0 N–H and O–H groups in total. The number of halogens is 1. The van der Waals surface area contributed by atoms with E-state index in [1.807, 2.05) is 0 Å². The lowest BCUT2D eigenvalue weighted by Crippen LogP contribution is -2.30. The summed E-state index contributed by atoms with van der Waals surface area (Å²) in [5, 5.41) is 0. The molecule has 10 nitrogen and oxygen atoms in total. The molecule has 0 aliphatic heterocycles. The Morgan fingerprint density at radius 1 is 0.973 bits per heavy atom. The van der Waals surface area contributed by atoms with Crippen molar-refractivity contribution in [2.75, 3.05) is 25.9 Å². The Labute approximate surface area is 218 Å². The standard InChI is InChI=1S/C25H31FO10S/c1-5-31-24(29)34-11-32-22(27)19-15(10-37-16-6-7-18(26)14(4)8-16)9-17-20(19)21(17)23(28)33-12-35-25(30)36-13(2)3/h6-8,13,15,17,19-21H,5,9-12H2,1-4H3. The van der Waals surface area contributed by atoms with Gasteiger partial charge in [-0.15, -0.1) is 11.8 Å². The Morgan fingerprint density at radius 2 is 1.62 bits per heavy atom. The van der Waals surface area contributed by atoms with Gasteiger partial charge in [-0.05, 0) is 75.6 Å². The summed E-state index contributed by atoms with van der Waals surface area (Å²) < 4.78 is 42.8. The van der Waals surface area contributed by atoms with Crippen molar-refractivity contribution in [1.82, 2.24) is 0 Å². The average molecular weight is 543 g/mol. The van der Waals surface area contributed by atoms with Crippen molar-refractivity contribution in [2.45, 2.75) is 45.1 Å². The van der Waals surface area contributed by atoms with Crippen LogP contribution in [-0.4, -0.2) is 56.3 Å². The van der Waals surface area contributed by atoms with Crippen LogP contribution in [0.1, 0.15) is 32.8 Å². The van der Waals surface area contributed by atoms with Gasteiger partial charge >= 0.3 is 24.2 Å². The maximum Gasteiger partial charge on any atom is 0.511 e. The fraction of sp³-hybridized carbons (Fsp3) is 0.600. The molecule has 2 aliphatic rings. The third-order valence-corrected chi connectivity index (χ3v) is 7.40. The number of hydrogen-bond acceptors (Lipinski definition) is 11. The Kier molecular flexibility index (Phi) is 10.0. The zero-order valence-electron chi connectivity index (χ0n) is 21.1. The van der Waals surface area contributed by atoms with E-state index in [1.165, 1.54) is 17.8 Å². The number of hydrogen-bond donors (Lipinski definition) is 0. The van der Waals surface area contributed by atoms with Gasteiger partial charge in [0.25, 0.3) is 0 Å². The molecular formula is C25H31FO10S. The number of esters is 2. The van der Waals surface area contributed by atoms with Crippen molar-refractivity contribution >= 4 is 36.0 Å². The summed E-state index contributed by atoms with van der Waals surface area (Å²) in [5.74, 6) is -2.62. The second kappa shape index (κ2) is 13.0. The van der Waals surface area contributed by atoms with Crippen LogP contribution in [0.2, 0.25) is 0 Å². The smallest absolute Gasteiger partial charge is 0.435 e. The molecule has 5 unspecified atom stereocenters. The third kappa shape index (κ3) is 7.73. The number of carbonyl (C=O) groups is 4. The normalized spacial score (nSPS) is 23.6. The molecule has 37 heavy (non-hydrogen) atoms. The molecule has 2 aliphatic carbocycles. The number of benzene rings is 1. The number of thioether (sulfide) groups is 1. The van der Waals surface area contributed by atoms with Crippen molar-refractivity contribution in [3.63, 3.8) is 0 Å². The lowest BCUT2D eigenvalue weighted by molar-refractivity contribution is -0.161. The van der Waals surface area contributed by atoms with Gasteiger partial charge in [0, 0.05) is 10.6 Å². The van der Waals surface area contributed by atoms with Gasteiger partial charge in [0.2, 0.25) is 13.6 Å². The summed E-state index contributed by atoms with van der Waals surface area (Å²) in [6.45, 7) is 5.51. The van der Waals surface area contributed by atoms with Gasteiger partial charge < -0.3 is 28.4 Å². The number of rotatable bonds is 11. The predicted molar refractivity (Wildman–Crippen MR) is 127 cm³/mol. The first-order valence-corrected chi connectivity index (χ1v) is 13.0. The first-order chi connectivity index (χ1) is 17.6. The SMILES string of the molecule is CCOC(=O)OCOC(=O)C1C(CSc2ccc(F)c(C)c2)CC2C(C(=O)OCOC(=O)OC(C)C)C21. The van der Waals surface area contributed by atoms with Crippen LogP contribution in [-0.2, 0) is 38.0 Å². The highest BCUT2D eigenvalue weighted by atomic mass is 32.2. The van der Waals surface area contributed by atoms with Crippen LogP contribution >= 0.6 is 11.8 Å². The minimum atomic E-state index is -0.956. The Balaban J connectivity index is 1.58. The van der Waals surface area contributed by atoms with Crippen LogP contribution in [0.25, 0.3) is 0 Å². The van der Waals surface area contributed by atoms with Crippen molar-refractivity contribution in [2.24, 2.45) is 29.6 Å². The van der Waals surface area contributed by atoms with Crippen molar-refractivity contribution in [1.29, 1.82) is 0 Å². The summed E-state index contributed by atoms with van der Waals surface area (Å²) in [6, 6.07) is 4.81. The molecule has 0 heterocycles. The molecule has 0 spiro atoms. The minimum absolute atomic E-state index is 0.0980. The van der Waals surface area contributed by atoms with Crippen LogP contribution < -0.4 is 0 Å². The van der Waals surface area contributed by atoms with Crippen LogP contribution in [0.15, 0.2) is 23.1 Å². The first kappa shape index (κ1) is 28.5. The molecule has 0 saturated heterocycles. The van der Waals surface area contributed by atoms with Gasteiger partial charge in [-0.25, -0.2) is 14.0 Å². The summed E-state index contributed by atoms with van der Waals surface area (Å²) >= 11 is 1.48. The highest BCUT2D eigenvalue weighted by Gasteiger charge is 2.67. The Hall–Kier alpha value is -3.02. The highest BCUT2D eigenvalue weighted by Crippen LogP contribution is 2.64. The maximum atomic E-state index is 13.6. The lowest BCUT2D eigenvalue weighted by Gasteiger charge is -2.22. The van der Waals surface area contributed by atoms with E-state index in [9.17, 15) is 23.6 Å². The molecular weight excluding hydrogens is 511 g/mol. The number of aryl methyl sites for hydroxylation is 1. The quantitative estimate of drug-likeness (QED) is 0.170. The van der Waals surface area contributed by atoms with E-state index < -0.39 is 49.7 Å². The molecule has 12 heteroatoms. The summed E-state index contributed by atoms with van der Waals surface area (Å²) in [7, 11) is 0. The minimum Gasteiger partial charge on any atom is -0.435 e. The van der Waals surface area contributed by atoms with E-state index in [1.54, 1.807) is 39.8 Å². The van der Waals surface area contributed by atoms with E-state index in [2.05, 4.69) is 4.74 Å². The molecule has 2 fully saturated rings. The van der Waals surface area contributed by atoms with E-state index in [-0.39, 0.29) is 36.3 Å². The molecule has 1 aromatic rings. The molecule has 3 rings (SSSR count). The van der Waals surface area contributed by atoms with Crippen LogP contribution in [0.3, 0.4) is 0 Å². The van der Waals surface area contributed by atoms with Crippen LogP contribution in [0.5, 0.6) is 0 Å². The lowest BCUT2D eigenvalue weighted by atomic mass is 9.90. The maximum absolute atomic E-state index is 13.6. The van der Waals surface area contributed by atoms with Crippen molar-refractivity contribution in [3.8, 4) is 0 Å². The predicted octanol–water partition coefficient (Wildman–Crippen LogP) is 4.46. The molecule has 0 aromatic heterocycles. The Morgan fingerprint density at radius 3 is 2.24 bits per heavy atom. The topological polar surface area (TPSA) is 124 Å². The van der Waals surface area contributed by atoms with Crippen LogP contribution in [0, 0.1) is 42.3 Å². The first-order valence-electron chi connectivity index (χ1n) is 12.0. The number of carbonyl (C=O) groups excluding carboxylic acids is 4. The van der Waals surface area contributed by atoms with Crippen LogP contribution in [0.4, 0.5) is 14.0 Å². The molecule has 2 saturated carbocycles. The molecule has 0 bridgehead atoms. The number of fused-ring (bicyclic) bond motifs is 1.